The minimum Gasteiger partial charge on any atom is -0.508 e. The van der Waals surface area contributed by atoms with E-state index in [2.05, 4.69) is 15.4 Å². The molecular weight excluding hydrogens is 282 g/mol. The van der Waals surface area contributed by atoms with Gasteiger partial charge in [0, 0.05) is 5.38 Å². The van der Waals surface area contributed by atoms with Crippen LogP contribution in [0.15, 0.2) is 72.5 Å². The summed E-state index contributed by atoms with van der Waals surface area (Å²) in [6.45, 7) is 0. The number of phenolic OH excluding ortho intramolecular Hbond substituents is 1. The molecule has 0 amide bonds. The van der Waals surface area contributed by atoms with Crippen molar-refractivity contribution in [2.75, 3.05) is 0 Å². The summed E-state index contributed by atoms with van der Waals surface area (Å²) in [7, 11) is 0. The first-order valence-electron chi connectivity index (χ1n) is 6.40. The molecule has 4 rings (SSSR count). The number of nitrogens with zero attached hydrogens (tertiary/aromatic N) is 3. The van der Waals surface area contributed by atoms with Gasteiger partial charge in [0.25, 0.3) is 0 Å². The van der Waals surface area contributed by atoms with E-state index in [1.54, 1.807) is 24.3 Å². The van der Waals surface area contributed by atoms with E-state index >= 15 is 0 Å². The lowest BCUT2D eigenvalue weighted by Crippen LogP contribution is -1.87. The molecule has 104 valence electrons. The van der Waals surface area contributed by atoms with Crippen molar-refractivity contribution < 1.29 is 5.11 Å². The number of aromatic nitrogens is 3. The van der Waals surface area contributed by atoms with Gasteiger partial charge in [-0.3, -0.25) is 4.57 Å². The average molecular weight is 295 g/mol. The van der Waals surface area contributed by atoms with E-state index in [-0.39, 0.29) is 0 Å². The molecule has 0 spiro atoms. The number of aromatic hydroxyl groups is 1. The zero-order valence-electron chi connectivity index (χ0n) is 11.1. The molecule has 0 bridgehead atoms. The van der Waals surface area contributed by atoms with Gasteiger partial charge in [0.1, 0.15) is 12.1 Å². The number of rotatable bonds is 1. The predicted octanol–water partition coefficient (Wildman–Crippen LogP) is 3.87. The topological polar surface area (TPSA) is 50.9 Å². The van der Waals surface area contributed by atoms with Gasteiger partial charge in [-0.2, -0.15) is 4.37 Å². The monoisotopic (exact) mass is 295 g/mol. The van der Waals surface area contributed by atoms with Gasteiger partial charge in [0.15, 0.2) is 0 Å². The largest absolute Gasteiger partial charge is 0.508 e. The molecule has 0 aliphatic carbocycles. The highest BCUT2D eigenvalue weighted by Gasteiger charge is 2.03. The third-order valence-corrected chi connectivity index (χ3v) is 3.48. The number of phenols is 1. The number of fused-ring (bicyclic) bond motifs is 1. The molecular formula is C16H13N3OS. The Morgan fingerprint density at radius 1 is 0.952 bits per heavy atom. The van der Waals surface area contributed by atoms with Gasteiger partial charge >= 0.3 is 0 Å². The highest BCUT2D eigenvalue weighted by Crippen LogP contribution is 2.17. The molecule has 0 fully saturated rings. The minimum atomic E-state index is 0.322. The minimum absolute atomic E-state index is 0.322. The summed E-state index contributed by atoms with van der Waals surface area (Å²) < 4.78 is 6.12. The molecule has 0 aliphatic heterocycles. The predicted molar refractivity (Wildman–Crippen MR) is 84.8 cm³/mol. The van der Waals surface area contributed by atoms with Crippen LogP contribution in [0.2, 0.25) is 0 Å². The van der Waals surface area contributed by atoms with Crippen molar-refractivity contribution in [1.82, 2.24) is 13.9 Å². The molecule has 4 aromatic rings. The molecule has 5 heteroatoms. The Hall–Kier alpha value is -2.66. The van der Waals surface area contributed by atoms with Crippen LogP contribution in [0.5, 0.6) is 5.75 Å². The van der Waals surface area contributed by atoms with E-state index in [4.69, 9.17) is 5.11 Å². The summed E-state index contributed by atoms with van der Waals surface area (Å²) >= 11 is 1.45. The molecule has 0 aliphatic rings. The van der Waals surface area contributed by atoms with Gasteiger partial charge in [0.05, 0.1) is 22.9 Å². The van der Waals surface area contributed by atoms with E-state index in [1.165, 1.54) is 11.5 Å². The summed E-state index contributed by atoms with van der Waals surface area (Å²) in [5.41, 5.74) is 3.20. The second-order valence-electron chi connectivity index (χ2n) is 4.32. The highest BCUT2D eigenvalue weighted by atomic mass is 32.1. The van der Waals surface area contributed by atoms with E-state index in [0.29, 0.717) is 5.75 Å². The van der Waals surface area contributed by atoms with Crippen molar-refractivity contribution in [3.8, 4) is 11.4 Å². The summed E-state index contributed by atoms with van der Waals surface area (Å²) in [5, 5.41) is 10.6. The fourth-order valence-corrected chi connectivity index (χ4v) is 2.42. The van der Waals surface area contributed by atoms with Crippen molar-refractivity contribution in [3.05, 3.63) is 72.5 Å². The Kier molecular flexibility index (Phi) is 3.93. The van der Waals surface area contributed by atoms with Crippen molar-refractivity contribution in [3.63, 3.8) is 0 Å². The van der Waals surface area contributed by atoms with Crippen molar-refractivity contribution in [1.29, 1.82) is 0 Å². The van der Waals surface area contributed by atoms with Crippen LogP contribution in [0.25, 0.3) is 16.7 Å². The summed E-state index contributed by atoms with van der Waals surface area (Å²) in [4.78, 5) is 4.31. The quantitative estimate of drug-likeness (QED) is 0.580. The standard InChI is InChI=1S/C10H7N3S.C6H6O/c1-2-4-10-9(3-1)11-7-13(10)8-5-12-14-6-8;7-6-4-2-1-3-5-6/h1-7H;1-5,7H. The molecule has 0 unspecified atom stereocenters. The van der Waals surface area contributed by atoms with E-state index in [0.717, 1.165) is 16.7 Å². The maximum atomic E-state index is 8.63. The molecule has 2 aromatic heterocycles. The van der Waals surface area contributed by atoms with Crippen LogP contribution in [0.4, 0.5) is 0 Å². The Balaban J connectivity index is 0.000000160. The number of hydrogen-bond donors (Lipinski definition) is 1. The van der Waals surface area contributed by atoms with Gasteiger partial charge in [-0.15, -0.1) is 0 Å². The zero-order valence-corrected chi connectivity index (χ0v) is 11.9. The molecule has 2 aromatic carbocycles. The lowest BCUT2D eigenvalue weighted by Gasteiger charge is -1.97. The summed E-state index contributed by atoms with van der Waals surface area (Å²) in [6.07, 6.45) is 3.67. The second kappa shape index (κ2) is 6.19. The Morgan fingerprint density at radius 3 is 2.38 bits per heavy atom. The number of para-hydroxylation sites is 3. The lowest BCUT2D eigenvalue weighted by molar-refractivity contribution is 0.475. The van der Waals surface area contributed by atoms with Crippen LogP contribution < -0.4 is 0 Å². The lowest BCUT2D eigenvalue weighted by atomic mass is 10.3. The van der Waals surface area contributed by atoms with Gasteiger partial charge in [0.2, 0.25) is 0 Å². The Bertz CT molecular complexity index is 810. The van der Waals surface area contributed by atoms with E-state index < -0.39 is 0 Å². The fraction of sp³-hybridized carbons (Fsp3) is 0. The molecule has 21 heavy (non-hydrogen) atoms. The fourth-order valence-electron chi connectivity index (χ4n) is 1.91. The van der Waals surface area contributed by atoms with Gasteiger partial charge in [-0.25, -0.2) is 4.98 Å². The van der Waals surface area contributed by atoms with Crippen LogP contribution in [-0.2, 0) is 0 Å². The third kappa shape index (κ3) is 3.09. The normalized spacial score (nSPS) is 10.1. The van der Waals surface area contributed by atoms with Gasteiger partial charge in [-0.1, -0.05) is 30.3 Å². The van der Waals surface area contributed by atoms with Crippen molar-refractivity contribution >= 4 is 22.6 Å². The van der Waals surface area contributed by atoms with Crippen LogP contribution in [0.1, 0.15) is 0 Å². The molecule has 2 heterocycles. The molecule has 0 saturated carbocycles. The first-order valence-corrected chi connectivity index (χ1v) is 7.24. The van der Waals surface area contributed by atoms with Gasteiger partial charge < -0.3 is 5.11 Å². The number of hydrogen-bond acceptors (Lipinski definition) is 4. The summed E-state index contributed by atoms with van der Waals surface area (Å²) in [6, 6.07) is 16.8. The first-order chi connectivity index (χ1) is 10.3. The van der Waals surface area contributed by atoms with Crippen LogP contribution in [0.3, 0.4) is 0 Å². The van der Waals surface area contributed by atoms with E-state index in [9.17, 15) is 0 Å². The average Bonchev–Trinajstić information content (AvgIpc) is 3.17. The highest BCUT2D eigenvalue weighted by molar-refractivity contribution is 7.03. The van der Waals surface area contributed by atoms with Crippen molar-refractivity contribution in [2.45, 2.75) is 0 Å². The van der Waals surface area contributed by atoms with Crippen molar-refractivity contribution in [2.24, 2.45) is 0 Å². The van der Waals surface area contributed by atoms with Crippen LogP contribution in [0, 0.1) is 0 Å². The number of benzene rings is 2. The Labute approximate surface area is 126 Å². The van der Waals surface area contributed by atoms with E-state index in [1.807, 2.05) is 46.7 Å². The van der Waals surface area contributed by atoms with Crippen LogP contribution in [-0.4, -0.2) is 19.0 Å². The SMILES string of the molecule is Oc1ccccc1.c1ccc2c(c1)ncn2-c1cnsc1. The second-order valence-corrected chi connectivity index (χ2v) is 4.98. The molecule has 0 saturated heterocycles. The maximum Gasteiger partial charge on any atom is 0.115 e. The Morgan fingerprint density at radius 2 is 1.71 bits per heavy atom. The first kappa shape index (κ1) is 13.3. The molecule has 0 atom stereocenters. The third-order valence-electron chi connectivity index (χ3n) is 2.91. The van der Waals surface area contributed by atoms with Crippen LogP contribution >= 0.6 is 11.5 Å². The van der Waals surface area contributed by atoms with Gasteiger partial charge in [-0.05, 0) is 35.8 Å². The number of imidazole rings is 1. The summed E-state index contributed by atoms with van der Waals surface area (Å²) in [5.74, 6) is 0.322. The molecule has 4 nitrogen and oxygen atoms in total. The smallest absolute Gasteiger partial charge is 0.115 e. The zero-order chi connectivity index (χ0) is 14.5. The molecule has 0 radical (unpaired) electrons. The molecule has 1 N–H and O–H groups in total. The maximum absolute atomic E-state index is 8.63.